The van der Waals surface area contributed by atoms with Gasteiger partial charge in [0.25, 0.3) is 0 Å². The molecular formula is C16H16N4. The lowest BCUT2D eigenvalue weighted by atomic mass is 10.1. The van der Waals surface area contributed by atoms with Crippen molar-refractivity contribution in [3.8, 4) is 11.3 Å². The molecule has 0 aliphatic heterocycles. The first kappa shape index (κ1) is 12.5. The van der Waals surface area contributed by atoms with Gasteiger partial charge in [0.2, 0.25) is 0 Å². The SMILES string of the molecule is CCCNc1ccc(-c2cccc3cccnc23)nn1. The summed E-state index contributed by atoms with van der Waals surface area (Å²) in [5, 5.41) is 12.8. The summed E-state index contributed by atoms with van der Waals surface area (Å²) in [6, 6.07) is 14.0. The molecular weight excluding hydrogens is 248 g/mol. The first-order chi connectivity index (χ1) is 9.88. The molecule has 3 rings (SSSR count). The van der Waals surface area contributed by atoms with Gasteiger partial charge in [-0.3, -0.25) is 4.98 Å². The van der Waals surface area contributed by atoms with E-state index in [9.17, 15) is 0 Å². The van der Waals surface area contributed by atoms with Crippen LogP contribution >= 0.6 is 0 Å². The Morgan fingerprint density at radius 2 is 1.90 bits per heavy atom. The van der Waals surface area contributed by atoms with Crippen molar-refractivity contribution < 1.29 is 0 Å². The minimum absolute atomic E-state index is 0.809. The van der Waals surface area contributed by atoms with Gasteiger partial charge in [0.1, 0.15) is 5.82 Å². The van der Waals surface area contributed by atoms with E-state index in [1.165, 1.54) is 0 Å². The maximum Gasteiger partial charge on any atom is 0.148 e. The van der Waals surface area contributed by atoms with Crippen molar-refractivity contribution in [2.75, 3.05) is 11.9 Å². The Bertz CT molecular complexity index is 702. The third-order valence-corrected chi connectivity index (χ3v) is 3.13. The molecule has 0 saturated carbocycles. The van der Waals surface area contributed by atoms with Gasteiger partial charge in [-0.25, -0.2) is 0 Å². The second kappa shape index (κ2) is 5.65. The Balaban J connectivity index is 1.98. The topological polar surface area (TPSA) is 50.7 Å². The van der Waals surface area contributed by atoms with E-state index in [0.29, 0.717) is 0 Å². The Morgan fingerprint density at radius 1 is 1.00 bits per heavy atom. The Morgan fingerprint density at radius 3 is 2.70 bits per heavy atom. The molecule has 0 saturated heterocycles. The van der Waals surface area contributed by atoms with E-state index < -0.39 is 0 Å². The number of benzene rings is 1. The van der Waals surface area contributed by atoms with E-state index in [2.05, 4.69) is 39.6 Å². The zero-order valence-corrected chi connectivity index (χ0v) is 11.4. The molecule has 1 aromatic carbocycles. The number of fused-ring (bicyclic) bond motifs is 1. The lowest BCUT2D eigenvalue weighted by Crippen LogP contribution is -2.03. The molecule has 0 atom stereocenters. The number of pyridine rings is 1. The molecule has 4 heteroatoms. The van der Waals surface area contributed by atoms with Crippen LogP contribution < -0.4 is 5.32 Å². The van der Waals surface area contributed by atoms with Gasteiger partial charge in [-0.1, -0.05) is 31.2 Å². The molecule has 0 spiro atoms. The van der Waals surface area contributed by atoms with Gasteiger partial charge in [0, 0.05) is 23.7 Å². The highest BCUT2D eigenvalue weighted by Gasteiger charge is 2.06. The van der Waals surface area contributed by atoms with Crippen molar-refractivity contribution in [1.29, 1.82) is 0 Å². The van der Waals surface area contributed by atoms with Gasteiger partial charge in [-0.05, 0) is 24.6 Å². The summed E-state index contributed by atoms with van der Waals surface area (Å²) in [6.07, 6.45) is 2.87. The summed E-state index contributed by atoms with van der Waals surface area (Å²) in [5.74, 6) is 0.809. The molecule has 100 valence electrons. The predicted octanol–water partition coefficient (Wildman–Crippen LogP) is 3.51. The van der Waals surface area contributed by atoms with Crippen molar-refractivity contribution in [1.82, 2.24) is 15.2 Å². The number of nitrogens with one attached hydrogen (secondary N) is 1. The number of para-hydroxylation sites is 1. The summed E-state index contributed by atoms with van der Waals surface area (Å²) in [4.78, 5) is 4.45. The molecule has 20 heavy (non-hydrogen) atoms. The van der Waals surface area contributed by atoms with Crippen LogP contribution in [0.3, 0.4) is 0 Å². The fourth-order valence-corrected chi connectivity index (χ4v) is 2.13. The second-order valence-electron chi connectivity index (χ2n) is 4.61. The number of aromatic nitrogens is 3. The number of nitrogens with zero attached hydrogens (tertiary/aromatic N) is 3. The maximum atomic E-state index is 4.45. The molecule has 0 unspecified atom stereocenters. The van der Waals surface area contributed by atoms with Gasteiger partial charge in [-0.15, -0.1) is 10.2 Å². The minimum atomic E-state index is 0.809. The van der Waals surface area contributed by atoms with Crippen molar-refractivity contribution in [3.63, 3.8) is 0 Å². The average molecular weight is 264 g/mol. The Labute approximate surface area is 117 Å². The standard InChI is InChI=1S/C16H16N4/c1-2-10-17-15-9-8-14(19-20-15)13-7-3-5-12-6-4-11-18-16(12)13/h3-9,11H,2,10H2,1H3,(H,17,20). The molecule has 0 aliphatic rings. The van der Waals surface area contributed by atoms with Crippen molar-refractivity contribution in [2.24, 2.45) is 0 Å². The molecule has 0 aliphatic carbocycles. The third kappa shape index (κ3) is 2.45. The highest BCUT2D eigenvalue weighted by Crippen LogP contribution is 2.25. The summed E-state index contributed by atoms with van der Waals surface area (Å²) >= 11 is 0. The predicted molar refractivity (Wildman–Crippen MR) is 81.5 cm³/mol. The molecule has 1 N–H and O–H groups in total. The van der Waals surface area contributed by atoms with Crippen LogP contribution in [0.5, 0.6) is 0 Å². The summed E-state index contributed by atoms with van der Waals surface area (Å²) in [6.45, 7) is 3.03. The highest BCUT2D eigenvalue weighted by atomic mass is 15.2. The van der Waals surface area contributed by atoms with E-state index >= 15 is 0 Å². The fourth-order valence-electron chi connectivity index (χ4n) is 2.13. The maximum absolute atomic E-state index is 4.45. The minimum Gasteiger partial charge on any atom is -0.369 e. The van der Waals surface area contributed by atoms with E-state index in [1.807, 2.05) is 30.3 Å². The van der Waals surface area contributed by atoms with Crippen molar-refractivity contribution >= 4 is 16.7 Å². The van der Waals surface area contributed by atoms with Crippen LogP contribution in [0.1, 0.15) is 13.3 Å². The van der Waals surface area contributed by atoms with Crippen LogP contribution in [-0.2, 0) is 0 Å². The molecule has 2 heterocycles. The molecule has 0 bridgehead atoms. The molecule has 2 aromatic heterocycles. The van der Waals surface area contributed by atoms with E-state index in [4.69, 9.17) is 0 Å². The van der Waals surface area contributed by atoms with Crippen LogP contribution in [0.4, 0.5) is 5.82 Å². The monoisotopic (exact) mass is 264 g/mol. The van der Waals surface area contributed by atoms with Crippen molar-refractivity contribution in [2.45, 2.75) is 13.3 Å². The quantitative estimate of drug-likeness (QED) is 0.783. The second-order valence-corrected chi connectivity index (χ2v) is 4.61. The van der Waals surface area contributed by atoms with Gasteiger partial charge < -0.3 is 5.32 Å². The lowest BCUT2D eigenvalue weighted by molar-refractivity contribution is 0.946. The number of hydrogen-bond donors (Lipinski definition) is 1. The fraction of sp³-hybridized carbons (Fsp3) is 0.188. The number of hydrogen-bond acceptors (Lipinski definition) is 4. The summed E-state index contributed by atoms with van der Waals surface area (Å²) in [5.41, 5.74) is 2.81. The Hall–Kier alpha value is -2.49. The zero-order valence-electron chi connectivity index (χ0n) is 11.4. The molecule has 0 radical (unpaired) electrons. The van der Waals surface area contributed by atoms with Crippen LogP contribution in [-0.4, -0.2) is 21.7 Å². The molecule has 0 fully saturated rings. The van der Waals surface area contributed by atoms with Gasteiger partial charge in [-0.2, -0.15) is 0 Å². The smallest absolute Gasteiger partial charge is 0.148 e. The van der Waals surface area contributed by atoms with Gasteiger partial charge in [0.15, 0.2) is 0 Å². The van der Waals surface area contributed by atoms with Crippen LogP contribution in [0.25, 0.3) is 22.2 Å². The first-order valence-corrected chi connectivity index (χ1v) is 6.80. The lowest BCUT2D eigenvalue weighted by Gasteiger charge is -2.06. The van der Waals surface area contributed by atoms with Crippen molar-refractivity contribution in [3.05, 3.63) is 48.7 Å². The van der Waals surface area contributed by atoms with Crippen LogP contribution in [0.15, 0.2) is 48.7 Å². The van der Waals surface area contributed by atoms with Gasteiger partial charge >= 0.3 is 0 Å². The average Bonchev–Trinajstić information content (AvgIpc) is 2.53. The first-order valence-electron chi connectivity index (χ1n) is 6.80. The highest BCUT2D eigenvalue weighted by molar-refractivity contribution is 5.92. The molecule has 4 nitrogen and oxygen atoms in total. The molecule has 3 aromatic rings. The normalized spacial score (nSPS) is 10.7. The van der Waals surface area contributed by atoms with E-state index in [1.54, 1.807) is 6.20 Å². The summed E-state index contributed by atoms with van der Waals surface area (Å²) in [7, 11) is 0. The van der Waals surface area contributed by atoms with E-state index in [-0.39, 0.29) is 0 Å². The van der Waals surface area contributed by atoms with Crippen LogP contribution in [0.2, 0.25) is 0 Å². The number of rotatable bonds is 4. The van der Waals surface area contributed by atoms with Crippen LogP contribution in [0, 0.1) is 0 Å². The third-order valence-electron chi connectivity index (χ3n) is 3.13. The Kier molecular flexibility index (Phi) is 3.54. The van der Waals surface area contributed by atoms with E-state index in [0.717, 1.165) is 40.9 Å². The molecule has 0 amide bonds. The number of anilines is 1. The largest absolute Gasteiger partial charge is 0.369 e. The van der Waals surface area contributed by atoms with Gasteiger partial charge in [0.05, 0.1) is 11.2 Å². The summed E-state index contributed by atoms with van der Waals surface area (Å²) < 4.78 is 0. The zero-order chi connectivity index (χ0) is 13.8.